The summed E-state index contributed by atoms with van der Waals surface area (Å²) >= 11 is 6.16. The van der Waals surface area contributed by atoms with E-state index in [2.05, 4.69) is 14.7 Å². The van der Waals surface area contributed by atoms with Gasteiger partial charge in [0.1, 0.15) is 11.6 Å². The molecule has 4 rings (SSSR count). The van der Waals surface area contributed by atoms with Crippen LogP contribution in [0.2, 0.25) is 5.28 Å². The van der Waals surface area contributed by atoms with Gasteiger partial charge in [0.05, 0.1) is 35.7 Å². The van der Waals surface area contributed by atoms with Crippen molar-refractivity contribution in [1.82, 2.24) is 9.97 Å². The summed E-state index contributed by atoms with van der Waals surface area (Å²) in [5, 5.41) is 0.664. The van der Waals surface area contributed by atoms with Gasteiger partial charge < -0.3 is 9.64 Å². The van der Waals surface area contributed by atoms with Gasteiger partial charge in [0.25, 0.3) is 0 Å². The van der Waals surface area contributed by atoms with E-state index in [0.29, 0.717) is 55.0 Å². The summed E-state index contributed by atoms with van der Waals surface area (Å²) in [4.78, 5) is 10.7. The van der Waals surface area contributed by atoms with Crippen LogP contribution in [0, 0.1) is 18.6 Å². The zero-order valence-electron chi connectivity index (χ0n) is 18.2. The Kier molecular flexibility index (Phi) is 6.69. The standard InChI is InChI=1S/C22H23ClF2N4O3S/c1-3-10-33(30,31)28-17-5-4-16(24)18(19(17)25)14-11-13(2)20-15(12-14)21(27-22(23)26-20)29-6-8-32-9-7-29/h4-5,11-12,28H,3,6-10H2,1-2H3. The molecule has 1 N–H and O–H groups in total. The monoisotopic (exact) mass is 496 g/mol. The Bertz CT molecular complexity index is 1310. The van der Waals surface area contributed by atoms with Crippen molar-refractivity contribution in [2.24, 2.45) is 0 Å². The number of fused-ring (bicyclic) bond motifs is 1. The number of aromatic nitrogens is 2. The number of halogens is 3. The van der Waals surface area contributed by atoms with Gasteiger partial charge in [-0.1, -0.05) is 6.92 Å². The fourth-order valence-corrected chi connectivity index (χ4v) is 5.20. The molecule has 1 fully saturated rings. The van der Waals surface area contributed by atoms with Gasteiger partial charge in [-0.25, -0.2) is 22.2 Å². The molecule has 0 spiro atoms. The highest BCUT2D eigenvalue weighted by Gasteiger charge is 2.23. The van der Waals surface area contributed by atoms with Crippen molar-refractivity contribution in [2.45, 2.75) is 20.3 Å². The second-order valence-electron chi connectivity index (χ2n) is 7.81. The minimum absolute atomic E-state index is 0.0736. The molecule has 1 saturated heterocycles. The van der Waals surface area contributed by atoms with Gasteiger partial charge in [-0.2, -0.15) is 4.98 Å². The molecule has 11 heteroatoms. The van der Waals surface area contributed by atoms with E-state index in [-0.39, 0.29) is 27.9 Å². The van der Waals surface area contributed by atoms with E-state index in [1.54, 1.807) is 26.0 Å². The SMILES string of the molecule is CCCS(=O)(=O)Nc1ccc(F)c(-c2cc(C)c3nc(Cl)nc(N4CCOCC4)c3c2)c1F. The van der Waals surface area contributed by atoms with Crippen LogP contribution in [-0.2, 0) is 14.8 Å². The van der Waals surface area contributed by atoms with E-state index in [4.69, 9.17) is 16.3 Å². The molecule has 0 bridgehead atoms. The first-order chi connectivity index (χ1) is 15.7. The van der Waals surface area contributed by atoms with Gasteiger partial charge in [-0.05, 0) is 60.3 Å². The summed E-state index contributed by atoms with van der Waals surface area (Å²) in [6.45, 7) is 5.67. The molecule has 0 saturated carbocycles. The van der Waals surface area contributed by atoms with Crippen LogP contribution in [-0.4, -0.2) is 50.4 Å². The fraction of sp³-hybridized carbons (Fsp3) is 0.364. The van der Waals surface area contributed by atoms with Crippen LogP contribution in [0.5, 0.6) is 0 Å². The topological polar surface area (TPSA) is 84.4 Å². The molecule has 0 radical (unpaired) electrons. The van der Waals surface area contributed by atoms with Crippen LogP contribution in [0.4, 0.5) is 20.3 Å². The third-order valence-corrected chi connectivity index (χ3v) is 7.02. The van der Waals surface area contributed by atoms with E-state index < -0.39 is 21.7 Å². The number of hydrogen-bond acceptors (Lipinski definition) is 6. The smallest absolute Gasteiger partial charge is 0.232 e. The third-order valence-electron chi connectivity index (χ3n) is 5.37. The predicted octanol–water partition coefficient (Wildman–Crippen LogP) is 4.53. The molecule has 1 aliphatic rings. The number of sulfonamides is 1. The zero-order valence-corrected chi connectivity index (χ0v) is 19.7. The lowest BCUT2D eigenvalue weighted by molar-refractivity contribution is 0.122. The summed E-state index contributed by atoms with van der Waals surface area (Å²) in [6, 6.07) is 5.33. The summed E-state index contributed by atoms with van der Waals surface area (Å²) in [5.74, 6) is -1.42. The summed E-state index contributed by atoms with van der Waals surface area (Å²) in [7, 11) is -3.75. The minimum Gasteiger partial charge on any atom is -0.378 e. The van der Waals surface area contributed by atoms with Crippen molar-refractivity contribution in [1.29, 1.82) is 0 Å². The molecule has 2 heterocycles. The van der Waals surface area contributed by atoms with Gasteiger partial charge in [-0.3, -0.25) is 4.72 Å². The molecule has 1 aromatic heterocycles. The van der Waals surface area contributed by atoms with E-state index >= 15 is 4.39 Å². The molecule has 3 aromatic rings. The quantitative estimate of drug-likeness (QED) is 0.505. The van der Waals surface area contributed by atoms with Gasteiger partial charge in [0.2, 0.25) is 15.3 Å². The van der Waals surface area contributed by atoms with Gasteiger partial charge in [-0.15, -0.1) is 0 Å². The first-order valence-corrected chi connectivity index (χ1v) is 12.5. The van der Waals surface area contributed by atoms with Crippen LogP contribution >= 0.6 is 11.6 Å². The van der Waals surface area contributed by atoms with E-state index in [9.17, 15) is 12.8 Å². The van der Waals surface area contributed by atoms with Gasteiger partial charge in [0.15, 0.2) is 5.82 Å². The maximum atomic E-state index is 15.4. The summed E-state index contributed by atoms with van der Waals surface area (Å²) in [5.41, 5.74) is 0.822. The molecule has 33 heavy (non-hydrogen) atoms. The second kappa shape index (κ2) is 9.36. The largest absolute Gasteiger partial charge is 0.378 e. The second-order valence-corrected chi connectivity index (χ2v) is 9.99. The zero-order chi connectivity index (χ0) is 23.8. The van der Waals surface area contributed by atoms with Crippen molar-refractivity contribution in [3.63, 3.8) is 0 Å². The number of morpholine rings is 1. The highest BCUT2D eigenvalue weighted by molar-refractivity contribution is 7.92. The van der Waals surface area contributed by atoms with Gasteiger partial charge in [0, 0.05) is 18.5 Å². The van der Waals surface area contributed by atoms with Gasteiger partial charge >= 0.3 is 0 Å². The number of anilines is 2. The number of nitrogens with one attached hydrogen (secondary N) is 1. The lowest BCUT2D eigenvalue weighted by Crippen LogP contribution is -2.37. The maximum Gasteiger partial charge on any atom is 0.232 e. The third kappa shape index (κ3) is 4.87. The molecule has 0 aliphatic carbocycles. The average Bonchev–Trinajstić information content (AvgIpc) is 2.76. The van der Waals surface area contributed by atoms with E-state index in [1.807, 2.05) is 4.90 Å². The van der Waals surface area contributed by atoms with E-state index in [0.717, 1.165) is 12.1 Å². The van der Waals surface area contributed by atoms with Crippen LogP contribution < -0.4 is 9.62 Å². The summed E-state index contributed by atoms with van der Waals surface area (Å²) in [6.07, 6.45) is 0.363. The summed E-state index contributed by atoms with van der Waals surface area (Å²) < 4.78 is 62.2. The van der Waals surface area contributed by atoms with Crippen molar-refractivity contribution in [3.05, 3.63) is 46.7 Å². The molecular weight excluding hydrogens is 474 g/mol. The van der Waals surface area contributed by atoms with Crippen LogP contribution in [0.3, 0.4) is 0 Å². The Balaban J connectivity index is 1.88. The number of nitrogens with zero attached hydrogens (tertiary/aromatic N) is 3. The Morgan fingerprint density at radius 3 is 2.61 bits per heavy atom. The number of benzene rings is 2. The number of hydrogen-bond donors (Lipinski definition) is 1. The number of ether oxygens (including phenoxy) is 1. The predicted molar refractivity (Wildman–Crippen MR) is 125 cm³/mol. The maximum absolute atomic E-state index is 15.4. The Hall–Kier alpha value is -2.56. The fourth-order valence-electron chi connectivity index (χ4n) is 3.91. The molecule has 0 atom stereocenters. The minimum atomic E-state index is -3.75. The normalized spacial score (nSPS) is 14.6. The van der Waals surface area contributed by atoms with E-state index in [1.165, 1.54) is 0 Å². The highest BCUT2D eigenvalue weighted by Crippen LogP contribution is 2.36. The van der Waals surface area contributed by atoms with Crippen molar-refractivity contribution < 1.29 is 21.9 Å². The van der Waals surface area contributed by atoms with Crippen molar-refractivity contribution in [3.8, 4) is 11.1 Å². The first kappa shape index (κ1) is 23.6. The average molecular weight is 497 g/mol. The Morgan fingerprint density at radius 1 is 1.18 bits per heavy atom. The molecule has 0 unspecified atom stereocenters. The number of aryl methyl sites for hydroxylation is 1. The van der Waals surface area contributed by atoms with Crippen LogP contribution in [0.1, 0.15) is 18.9 Å². The van der Waals surface area contributed by atoms with Crippen molar-refractivity contribution in [2.75, 3.05) is 41.7 Å². The highest BCUT2D eigenvalue weighted by atomic mass is 35.5. The van der Waals surface area contributed by atoms with Crippen LogP contribution in [0.15, 0.2) is 24.3 Å². The number of rotatable bonds is 6. The molecule has 176 valence electrons. The molecular formula is C22H23ClF2N4O3S. The van der Waals surface area contributed by atoms with Crippen LogP contribution in [0.25, 0.3) is 22.0 Å². The lowest BCUT2D eigenvalue weighted by atomic mass is 9.98. The molecule has 0 amide bonds. The lowest BCUT2D eigenvalue weighted by Gasteiger charge is -2.29. The Morgan fingerprint density at radius 2 is 1.91 bits per heavy atom. The molecule has 2 aromatic carbocycles. The van der Waals surface area contributed by atoms with Crippen molar-refractivity contribution >= 4 is 44.0 Å². The Labute approximate surface area is 195 Å². The molecule has 1 aliphatic heterocycles. The molecule has 7 nitrogen and oxygen atoms in total. The first-order valence-electron chi connectivity index (χ1n) is 10.5.